The van der Waals surface area contributed by atoms with Gasteiger partial charge in [-0.05, 0) is 12.1 Å². The maximum absolute atomic E-state index is 12.1. The minimum absolute atomic E-state index is 0.146. The van der Waals surface area contributed by atoms with Gasteiger partial charge in [-0.2, -0.15) is 8.78 Å². The van der Waals surface area contributed by atoms with Crippen molar-refractivity contribution in [2.45, 2.75) is 18.4 Å². The van der Waals surface area contributed by atoms with Gasteiger partial charge in [-0.3, -0.25) is 0 Å². The van der Waals surface area contributed by atoms with Gasteiger partial charge in [-0.25, -0.2) is 13.5 Å². The van der Waals surface area contributed by atoms with Gasteiger partial charge in [0.05, 0.1) is 0 Å². The number of nitrogens with zero attached hydrogens (tertiary/aromatic N) is 2. The van der Waals surface area contributed by atoms with Crippen molar-refractivity contribution in [2.75, 3.05) is 13.6 Å². The van der Waals surface area contributed by atoms with Gasteiger partial charge in [-0.15, -0.1) is 0 Å². The Morgan fingerprint density at radius 3 is 2.88 bits per heavy atom. The van der Waals surface area contributed by atoms with E-state index >= 15 is 0 Å². The van der Waals surface area contributed by atoms with Gasteiger partial charge < -0.3 is 4.74 Å². The Labute approximate surface area is 94.8 Å². The third-order valence-electron chi connectivity index (χ3n) is 1.85. The van der Waals surface area contributed by atoms with Crippen molar-refractivity contribution in [3.63, 3.8) is 0 Å². The summed E-state index contributed by atoms with van der Waals surface area (Å²) in [4.78, 5) is 3.78. The Balaban J connectivity index is 2.98. The zero-order chi connectivity index (χ0) is 12.1. The molecule has 0 aliphatic rings. The highest BCUT2D eigenvalue weighted by molar-refractivity contribution is 7.82. The third-order valence-corrected chi connectivity index (χ3v) is 3.36. The van der Waals surface area contributed by atoms with Gasteiger partial charge in [0.1, 0.15) is 15.9 Å². The van der Waals surface area contributed by atoms with E-state index in [9.17, 15) is 13.0 Å². The number of pyridine rings is 1. The number of aromatic nitrogens is 1. The van der Waals surface area contributed by atoms with E-state index in [4.69, 9.17) is 0 Å². The topological polar surface area (TPSA) is 42.4 Å². The fraction of sp³-hybridized carbons (Fsp3) is 0.444. The summed E-state index contributed by atoms with van der Waals surface area (Å²) in [6.07, 6.45) is 1.31. The molecule has 0 aliphatic carbocycles. The predicted octanol–water partition coefficient (Wildman–Crippen LogP) is 1.66. The van der Waals surface area contributed by atoms with E-state index in [2.05, 4.69) is 9.72 Å². The molecule has 1 rings (SSSR count). The van der Waals surface area contributed by atoms with E-state index in [0.29, 0.717) is 6.54 Å². The molecular weight excluding hydrogens is 238 g/mol. The Kier molecular flexibility index (Phi) is 4.75. The molecule has 0 bridgehead atoms. The molecule has 0 spiro atoms. The van der Waals surface area contributed by atoms with E-state index in [1.165, 1.54) is 22.6 Å². The van der Waals surface area contributed by atoms with Crippen LogP contribution < -0.4 is 4.74 Å². The summed E-state index contributed by atoms with van der Waals surface area (Å²) in [6, 6.07) is 2.97. The highest BCUT2D eigenvalue weighted by Gasteiger charge is 2.17. The number of rotatable bonds is 5. The monoisotopic (exact) mass is 250 g/mol. The molecule has 0 radical (unpaired) electrons. The fourth-order valence-corrected chi connectivity index (χ4v) is 1.98. The number of ether oxygens (including phenoxy) is 1. The molecule has 1 aromatic heterocycles. The van der Waals surface area contributed by atoms with Crippen molar-refractivity contribution in [3.8, 4) is 5.88 Å². The van der Waals surface area contributed by atoms with Crippen LogP contribution in [0, 0.1) is 0 Å². The standard InChI is InChI=1S/C9H12F2N2O2S/c1-3-13(2)16(14)7-5-4-6-12-8(7)15-9(10)11/h4-6,9H,3H2,1-2H3. The first kappa shape index (κ1) is 13.0. The second kappa shape index (κ2) is 5.86. The zero-order valence-electron chi connectivity index (χ0n) is 8.89. The lowest BCUT2D eigenvalue weighted by atomic mass is 10.5. The normalized spacial score (nSPS) is 13.1. The first-order valence-corrected chi connectivity index (χ1v) is 5.69. The molecule has 90 valence electrons. The highest BCUT2D eigenvalue weighted by Crippen LogP contribution is 2.21. The van der Waals surface area contributed by atoms with Crippen molar-refractivity contribution < 1.29 is 17.7 Å². The number of hydrogen-bond acceptors (Lipinski definition) is 3. The maximum Gasteiger partial charge on any atom is 0.388 e. The summed E-state index contributed by atoms with van der Waals surface area (Å²) in [7, 11) is 0.0766. The van der Waals surface area contributed by atoms with Crippen LogP contribution in [0.5, 0.6) is 5.88 Å². The maximum atomic E-state index is 12.1. The molecule has 7 heteroatoms. The van der Waals surface area contributed by atoms with Gasteiger partial charge in [0, 0.05) is 19.8 Å². The van der Waals surface area contributed by atoms with Crippen LogP contribution >= 0.6 is 0 Å². The van der Waals surface area contributed by atoms with E-state index in [0.717, 1.165) is 0 Å². The van der Waals surface area contributed by atoms with Gasteiger partial charge in [0.2, 0.25) is 5.88 Å². The molecule has 0 N–H and O–H groups in total. The predicted molar refractivity (Wildman–Crippen MR) is 55.6 cm³/mol. The van der Waals surface area contributed by atoms with Crippen molar-refractivity contribution in [1.29, 1.82) is 0 Å². The summed E-state index contributed by atoms with van der Waals surface area (Å²) < 4.78 is 41.7. The molecule has 0 saturated heterocycles. The molecule has 1 atom stereocenters. The van der Waals surface area contributed by atoms with Crippen LogP contribution in [-0.4, -0.2) is 33.7 Å². The smallest absolute Gasteiger partial charge is 0.388 e. The van der Waals surface area contributed by atoms with Crippen LogP contribution in [0.15, 0.2) is 23.2 Å². The van der Waals surface area contributed by atoms with Crippen LogP contribution in [-0.2, 0) is 11.0 Å². The summed E-state index contributed by atoms with van der Waals surface area (Å²) >= 11 is 0. The van der Waals surface area contributed by atoms with E-state index < -0.39 is 17.6 Å². The molecule has 0 saturated carbocycles. The first-order valence-electron chi connectivity index (χ1n) is 4.59. The Morgan fingerprint density at radius 2 is 2.31 bits per heavy atom. The highest BCUT2D eigenvalue weighted by atomic mass is 32.2. The lowest BCUT2D eigenvalue weighted by Crippen LogP contribution is -2.21. The van der Waals surface area contributed by atoms with Crippen LogP contribution in [0.2, 0.25) is 0 Å². The number of halogens is 2. The summed E-state index contributed by atoms with van der Waals surface area (Å²) in [5.74, 6) is -0.295. The minimum Gasteiger partial charge on any atom is -0.416 e. The van der Waals surface area contributed by atoms with Gasteiger partial charge in [0.25, 0.3) is 0 Å². The van der Waals surface area contributed by atoms with Crippen LogP contribution in [0.25, 0.3) is 0 Å². The van der Waals surface area contributed by atoms with Crippen molar-refractivity contribution in [2.24, 2.45) is 0 Å². The molecule has 1 unspecified atom stereocenters. The lowest BCUT2D eigenvalue weighted by Gasteiger charge is -2.15. The lowest BCUT2D eigenvalue weighted by molar-refractivity contribution is -0.0548. The second-order valence-electron chi connectivity index (χ2n) is 2.88. The molecule has 1 aromatic rings. The van der Waals surface area contributed by atoms with Gasteiger partial charge in [-0.1, -0.05) is 6.92 Å². The van der Waals surface area contributed by atoms with E-state index in [1.54, 1.807) is 7.05 Å². The molecule has 0 aromatic carbocycles. The van der Waals surface area contributed by atoms with Crippen molar-refractivity contribution in [1.82, 2.24) is 9.29 Å². The zero-order valence-corrected chi connectivity index (χ0v) is 9.71. The Bertz CT molecular complexity index is 376. The molecule has 16 heavy (non-hydrogen) atoms. The van der Waals surface area contributed by atoms with E-state index in [-0.39, 0.29) is 10.8 Å². The van der Waals surface area contributed by atoms with Crippen LogP contribution in [0.4, 0.5) is 8.78 Å². The fourth-order valence-electron chi connectivity index (χ4n) is 0.967. The molecule has 0 fully saturated rings. The summed E-state index contributed by atoms with van der Waals surface area (Å²) in [6.45, 7) is -0.644. The van der Waals surface area contributed by atoms with Gasteiger partial charge >= 0.3 is 6.61 Å². The molecule has 0 amide bonds. The van der Waals surface area contributed by atoms with Crippen LogP contribution in [0.3, 0.4) is 0 Å². The molecule has 1 heterocycles. The van der Waals surface area contributed by atoms with Crippen molar-refractivity contribution in [3.05, 3.63) is 18.3 Å². The largest absolute Gasteiger partial charge is 0.416 e. The second-order valence-corrected chi connectivity index (χ2v) is 4.44. The minimum atomic E-state index is -2.97. The number of hydrogen-bond donors (Lipinski definition) is 0. The Morgan fingerprint density at radius 1 is 1.62 bits per heavy atom. The summed E-state index contributed by atoms with van der Waals surface area (Å²) in [5, 5.41) is 0. The van der Waals surface area contributed by atoms with Crippen molar-refractivity contribution >= 4 is 11.0 Å². The average molecular weight is 250 g/mol. The SMILES string of the molecule is CCN(C)S(=O)c1cccnc1OC(F)F. The van der Waals surface area contributed by atoms with E-state index in [1.807, 2.05) is 6.92 Å². The number of alkyl halides is 2. The molecular formula is C9H12F2N2O2S. The molecule has 4 nitrogen and oxygen atoms in total. The van der Waals surface area contributed by atoms with Gasteiger partial charge in [0.15, 0.2) is 0 Å². The van der Waals surface area contributed by atoms with Crippen LogP contribution in [0.1, 0.15) is 6.92 Å². The first-order chi connectivity index (χ1) is 7.56. The molecule has 0 aliphatic heterocycles. The average Bonchev–Trinajstić information content (AvgIpc) is 2.27. The summed E-state index contributed by atoms with van der Waals surface area (Å²) in [5.41, 5.74) is 0. The quantitative estimate of drug-likeness (QED) is 0.798. The Hall–Kier alpha value is -1.08. The third kappa shape index (κ3) is 3.21.